The first-order chi connectivity index (χ1) is 23.5. The second-order valence-electron chi connectivity index (χ2n) is 9.71. The number of benzene rings is 4. The van der Waals surface area contributed by atoms with Crippen molar-refractivity contribution < 1.29 is 149 Å². The van der Waals surface area contributed by atoms with Crippen LogP contribution in [0.2, 0.25) is 10.0 Å². The first kappa shape index (κ1) is 51.7. The van der Waals surface area contributed by atoms with E-state index in [4.69, 9.17) is 64.9 Å². The summed E-state index contributed by atoms with van der Waals surface area (Å²) >= 11 is 20.0. The molecule has 0 saturated heterocycles. The largest absolute Gasteiger partial charge is 1.00 e. The van der Waals surface area contributed by atoms with Crippen LogP contribution in [0.25, 0.3) is 40.3 Å². The van der Waals surface area contributed by atoms with E-state index in [-0.39, 0.29) is 160 Å². The maximum atomic E-state index is 12.6. The number of carbonyl (C=O) groups is 1. The van der Waals surface area contributed by atoms with Crippen molar-refractivity contribution in [3.8, 4) is 11.5 Å². The van der Waals surface area contributed by atoms with Gasteiger partial charge in [0.1, 0.15) is 24.2 Å². The van der Waals surface area contributed by atoms with Crippen molar-refractivity contribution in [2.75, 3.05) is 25.7 Å². The molecule has 270 valence electrons. The van der Waals surface area contributed by atoms with Crippen molar-refractivity contribution in [3.63, 3.8) is 0 Å². The smallest absolute Gasteiger partial charge is 1.00 e. The first-order valence-electron chi connectivity index (χ1n) is 14.0. The molecule has 0 aliphatic carbocycles. The first-order valence-corrected chi connectivity index (χ1v) is 16.9. The van der Waals surface area contributed by atoms with Crippen LogP contribution >= 0.6 is 57.5 Å². The molecule has 2 heterocycles. The van der Waals surface area contributed by atoms with Gasteiger partial charge in [0.05, 0.1) is 55.4 Å². The Morgan fingerprint density at radius 2 is 1.21 bits per heavy atom. The molecule has 11 nitrogen and oxygen atoms in total. The number of phenolic OH excluding ortho intramolecular Hbond substituents is 1. The zero-order chi connectivity index (χ0) is 36.1. The van der Waals surface area contributed by atoms with Crippen molar-refractivity contribution in [3.05, 3.63) is 103 Å². The fourth-order valence-corrected chi connectivity index (χ4v) is 7.07. The molecule has 0 spiro atoms. The normalized spacial score (nSPS) is 11.1. The van der Waals surface area contributed by atoms with Gasteiger partial charge in [0.25, 0.3) is 6.47 Å². The maximum absolute atomic E-state index is 12.6. The van der Waals surface area contributed by atoms with Crippen LogP contribution in [0.15, 0.2) is 82.4 Å². The van der Waals surface area contributed by atoms with Crippen molar-refractivity contribution in [1.29, 1.82) is 0 Å². The molecule has 0 aliphatic heterocycles. The third kappa shape index (κ3) is 14.0. The van der Waals surface area contributed by atoms with Crippen LogP contribution in [0.4, 0.5) is 0 Å². The van der Waals surface area contributed by atoms with E-state index in [2.05, 4.69) is 4.89 Å². The van der Waals surface area contributed by atoms with Gasteiger partial charge < -0.3 is 41.8 Å². The minimum atomic E-state index is -0.970. The van der Waals surface area contributed by atoms with Gasteiger partial charge in [-0.25, -0.2) is 0 Å². The van der Waals surface area contributed by atoms with E-state index >= 15 is 0 Å². The molecule has 18 heteroatoms. The standard InChI is InChI=1S/C16H13ClO4S.C13H7ClO2S.C3H7ClO2.CH2O3.CH4.2K.H/c17-11-5-6-12(21-8-9(19)7-18)16-14(11)15(20)10-3-1-2-4-13(10)22-16;14-8-5-6-9(15)13-11(8)12(16)7-3-1-2-4-10(7)17-13;4-1-3(6)2-5;2-1-4-3;;;;/h1-6,9,18-19H,7-8H2;1-6,15H;3,5-6H,1-2H2;1,3H;1H4;;;/q;;;;;2*+1;-1/p-1. The van der Waals surface area contributed by atoms with Gasteiger partial charge in [0, 0.05) is 20.2 Å². The number of hydrogen-bond donors (Lipinski definition) is 5. The second-order valence-corrected chi connectivity index (χ2v) is 12.9. The Morgan fingerprint density at radius 3 is 1.65 bits per heavy atom. The number of carbonyl (C=O) groups excluding carboxylic acids is 1. The summed E-state index contributed by atoms with van der Waals surface area (Å²) in [6.45, 7) is -0.866. The van der Waals surface area contributed by atoms with Gasteiger partial charge in [-0.2, -0.15) is 0 Å². The van der Waals surface area contributed by atoms with Crippen molar-refractivity contribution in [1.82, 2.24) is 0 Å². The number of phenols is 1. The van der Waals surface area contributed by atoms with Gasteiger partial charge in [-0.15, -0.1) is 34.3 Å². The molecular weight excluding hydrogens is 833 g/mol. The molecule has 2 atom stereocenters. The fraction of sp³-hybridized carbons (Fsp3) is 0.206. The predicted molar refractivity (Wildman–Crippen MR) is 200 cm³/mol. The summed E-state index contributed by atoms with van der Waals surface area (Å²) in [5.74, 6) is 0.674. The Labute approximate surface area is 407 Å². The van der Waals surface area contributed by atoms with Crippen molar-refractivity contribution in [2.24, 2.45) is 0 Å². The Hall–Kier alpha value is -0.327. The summed E-state index contributed by atoms with van der Waals surface area (Å²) in [7, 11) is 0. The molecule has 52 heavy (non-hydrogen) atoms. The quantitative estimate of drug-likeness (QED) is 0.0342. The summed E-state index contributed by atoms with van der Waals surface area (Å²) in [5.41, 5.74) is -0.266. The molecule has 0 bridgehead atoms. The zero-order valence-corrected chi connectivity index (χ0v) is 37.3. The maximum Gasteiger partial charge on any atom is 1.00 e. The zero-order valence-electron chi connectivity index (χ0n) is 28.1. The van der Waals surface area contributed by atoms with E-state index in [1.165, 1.54) is 28.7 Å². The number of fused-ring (bicyclic) bond motifs is 4. The number of ether oxygens (including phenoxy) is 1. The van der Waals surface area contributed by atoms with E-state index in [1.54, 1.807) is 30.3 Å². The topological polar surface area (TPSA) is 194 Å². The van der Waals surface area contributed by atoms with Gasteiger partial charge >= 0.3 is 103 Å². The summed E-state index contributed by atoms with van der Waals surface area (Å²) in [4.78, 5) is 36.2. The van der Waals surface area contributed by atoms with Crippen molar-refractivity contribution >= 4 is 104 Å². The van der Waals surface area contributed by atoms with Crippen LogP contribution in [0.1, 0.15) is 8.85 Å². The van der Waals surface area contributed by atoms with Gasteiger partial charge in [-0.3, -0.25) is 14.4 Å². The average molecular weight is 866 g/mol. The molecule has 4 aromatic carbocycles. The molecule has 2 aromatic heterocycles. The fourth-order valence-electron chi connectivity index (χ4n) is 4.09. The predicted octanol–water partition coefficient (Wildman–Crippen LogP) is -0.656. The van der Waals surface area contributed by atoms with Gasteiger partial charge in [0.2, 0.25) is 0 Å². The molecule has 5 N–H and O–H groups in total. The third-order valence-corrected chi connectivity index (χ3v) is 9.73. The summed E-state index contributed by atoms with van der Waals surface area (Å²) in [6, 6.07) is 21.0. The third-order valence-electron chi connectivity index (χ3n) is 6.37. The molecule has 6 rings (SSSR count). The van der Waals surface area contributed by atoms with Crippen LogP contribution < -0.4 is 124 Å². The molecule has 0 aliphatic rings. The number of hydrogen-bond acceptors (Lipinski definition) is 13. The van der Waals surface area contributed by atoms with E-state index in [0.29, 0.717) is 46.7 Å². The van der Waals surface area contributed by atoms with Gasteiger partial charge in [-0.05, 0) is 48.5 Å². The number of aliphatic hydroxyl groups excluding tert-OH is 4. The molecule has 6 aromatic rings. The van der Waals surface area contributed by atoms with Crippen LogP contribution in [-0.2, 0) is 9.68 Å². The molecule has 0 radical (unpaired) electrons. The summed E-state index contributed by atoms with van der Waals surface area (Å²) in [6.07, 6.45) is -1.71. The van der Waals surface area contributed by atoms with Crippen LogP contribution in [-0.4, -0.2) is 69.9 Å². The molecule has 2 unspecified atom stereocenters. The minimum Gasteiger partial charge on any atom is -1.00 e. The SMILES string of the molecule is C.O=CO[O-].O=c1c2ccccc2sc2c(O)ccc(Cl)c12.O=c1c2ccccc2sc2c(OCC(O)CO)ccc(Cl)c12.OCC(O)CCl.[H-].[K+].[K+]. The van der Waals surface area contributed by atoms with Gasteiger partial charge in [-0.1, -0.05) is 54.9 Å². The summed E-state index contributed by atoms with van der Waals surface area (Å²) in [5, 5.41) is 55.6. The number of halogens is 3. The number of rotatable bonds is 7. The van der Waals surface area contributed by atoms with E-state index in [1.807, 2.05) is 36.4 Å². The number of aromatic hydroxyl groups is 1. The molecule has 0 saturated carbocycles. The Kier molecular flexibility index (Phi) is 26.3. The Morgan fingerprint density at radius 1 is 0.769 bits per heavy atom. The van der Waals surface area contributed by atoms with Crippen molar-refractivity contribution in [2.45, 2.75) is 19.6 Å². The molecule has 0 amide bonds. The minimum absolute atomic E-state index is 0. The average Bonchev–Trinajstić information content (AvgIpc) is 3.13. The Bertz CT molecular complexity index is 2160. The van der Waals surface area contributed by atoms with Crippen LogP contribution in [0.3, 0.4) is 0 Å². The second kappa shape index (κ2) is 26.5. The number of aliphatic hydroxyl groups is 4. The molecular formula is C34H33Cl3K2O11S2. The summed E-state index contributed by atoms with van der Waals surface area (Å²) < 4.78 is 8.41. The van der Waals surface area contributed by atoms with Crippen LogP contribution in [0, 0.1) is 0 Å². The monoisotopic (exact) mass is 864 g/mol. The Balaban J connectivity index is 0. The molecule has 0 fully saturated rings. The van der Waals surface area contributed by atoms with E-state index in [0.717, 1.165) is 9.40 Å². The number of alkyl halides is 1. The van der Waals surface area contributed by atoms with E-state index in [9.17, 15) is 19.8 Å². The van der Waals surface area contributed by atoms with Gasteiger partial charge in [0.15, 0.2) is 10.9 Å². The van der Waals surface area contributed by atoms with E-state index < -0.39 is 12.2 Å². The van der Waals surface area contributed by atoms with Crippen LogP contribution in [0.5, 0.6) is 11.5 Å².